The van der Waals surface area contributed by atoms with Crippen LogP contribution in [-0.4, -0.2) is 58.8 Å². The minimum absolute atomic E-state index is 0.00354. The number of carbonyl (C=O) groups is 3. The number of nitrogens with zero attached hydrogens (tertiary/aromatic N) is 2. The van der Waals surface area contributed by atoms with Crippen LogP contribution in [0.5, 0.6) is 11.5 Å². The van der Waals surface area contributed by atoms with Gasteiger partial charge in [-0.1, -0.05) is 84.7 Å². The monoisotopic (exact) mass is 660 g/mol. The van der Waals surface area contributed by atoms with E-state index in [1.54, 1.807) is 39.1 Å². The van der Waals surface area contributed by atoms with E-state index in [4.69, 9.17) is 9.73 Å². The molecule has 3 N–H and O–H groups in total. The number of nitrogens with one attached hydrogen (secondary N) is 2. The molecule has 0 radical (unpaired) electrons. The number of aromatic hydroxyl groups is 1. The van der Waals surface area contributed by atoms with Gasteiger partial charge in [-0.05, 0) is 75.0 Å². The van der Waals surface area contributed by atoms with Crippen molar-refractivity contribution in [2.45, 2.75) is 130 Å². The molecule has 4 atom stereocenters. The lowest BCUT2D eigenvalue weighted by Crippen LogP contribution is -2.58. The third-order valence-electron chi connectivity index (χ3n) is 9.30. The Morgan fingerprint density at radius 3 is 2.23 bits per heavy atom. The maximum atomic E-state index is 14.0. The molecule has 262 valence electrons. The van der Waals surface area contributed by atoms with E-state index in [1.807, 2.05) is 64.6 Å². The zero-order valence-corrected chi connectivity index (χ0v) is 30.4. The lowest BCUT2D eigenvalue weighted by Gasteiger charge is -2.37. The van der Waals surface area contributed by atoms with E-state index in [-0.39, 0.29) is 41.8 Å². The molecule has 2 fully saturated rings. The van der Waals surface area contributed by atoms with Crippen LogP contribution < -0.4 is 15.4 Å². The van der Waals surface area contributed by atoms with Gasteiger partial charge in [0.15, 0.2) is 0 Å². The molecular formula is C39H56N4O5. The van der Waals surface area contributed by atoms with Gasteiger partial charge in [-0.3, -0.25) is 14.6 Å². The molecule has 3 amide bonds. The number of likely N-dealkylation sites (tertiary alicyclic amines) is 1. The fourth-order valence-corrected chi connectivity index (χ4v) is 6.46. The number of rotatable bonds is 7. The van der Waals surface area contributed by atoms with Crippen molar-refractivity contribution in [2.24, 2.45) is 15.8 Å². The average molecular weight is 661 g/mol. The van der Waals surface area contributed by atoms with Crippen molar-refractivity contribution in [3.63, 3.8) is 0 Å². The number of amides is 3. The van der Waals surface area contributed by atoms with E-state index >= 15 is 0 Å². The maximum Gasteiger partial charge on any atom is 0.316 e. The number of urea groups is 1. The smallest absolute Gasteiger partial charge is 0.316 e. The van der Waals surface area contributed by atoms with Crippen LogP contribution in [-0.2, 0) is 15.0 Å². The molecular weight excluding hydrogens is 604 g/mol. The molecule has 1 saturated heterocycles. The third kappa shape index (κ3) is 9.17. The Hall–Kier alpha value is -3.88. The summed E-state index contributed by atoms with van der Waals surface area (Å²) in [7, 11) is 0. The number of phenolic OH excluding ortho intramolecular Hbond substituents is 1. The first kappa shape index (κ1) is 36.9. The minimum atomic E-state index is -0.710. The Kier molecular flexibility index (Phi) is 11.3. The second-order valence-electron chi connectivity index (χ2n) is 16.6. The second-order valence-corrected chi connectivity index (χ2v) is 16.6. The zero-order chi connectivity index (χ0) is 35.4. The zero-order valence-electron chi connectivity index (χ0n) is 30.4. The molecule has 4 unspecified atom stereocenters. The van der Waals surface area contributed by atoms with Gasteiger partial charge >= 0.3 is 12.0 Å². The van der Waals surface area contributed by atoms with E-state index in [0.717, 1.165) is 44.1 Å². The van der Waals surface area contributed by atoms with Gasteiger partial charge in [-0.15, -0.1) is 0 Å². The molecule has 0 spiro atoms. The molecule has 0 bridgehead atoms. The van der Waals surface area contributed by atoms with Crippen LogP contribution in [0.2, 0.25) is 0 Å². The number of hydrogen-bond donors (Lipinski definition) is 3. The molecule has 4 rings (SSSR count). The summed E-state index contributed by atoms with van der Waals surface area (Å²) in [6, 6.07) is 11.9. The van der Waals surface area contributed by atoms with Crippen LogP contribution in [0.15, 0.2) is 47.5 Å². The van der Waals surface area contributed by atoms with Crippen molar-refractivity contribution in [3.05, 3.63) is 59.2 Å². The van der Waals surface area contributed by atoms with Crippen LogP contribution in [0.25, 0.3) is 0 Å². The molecule has 1 aliphatic heterocycles. The summed E-state index contributed by atoms with van der Waals surface area (Å²) in [4.78, 5) is 47.1. The number of phenols is 1. The summed E-state index contributed by atoms with van der Waals surface area (Å²) in [6.07, 6.45) is 6.86. The van der Waals surface area contributed by atoms with Gasteiger partial charge in [0.1, 0.15) is 17.5 Å². The standard InChI is InChI=1S/C39H56N4O5/c1-37(2,3)28-23-27(48-35(46)39(7,8)9)22-26(32(28)44)24-40-29-18-13-14-19-30(29)41-36(47)42-33(38(4,5)6)34(45)43-21-15-20-31(43)25-16-11-10-12-17-25/h10-12,16-17,22-24,29-31,33,44H,13-15,18-21H2,1-9H3,(H2,41,42,47). The summed E-state index contributed by atoms with van der Waals surface area (Å²) >= 11 is 0. The molecule has 2 aliphatic rings. The van der Waals surface area contributed by atoms with E-state index in [1.165, 1.54) is 0 Å². The van der Waals surface area contributed by atoms with Gasteiger partial charge in [0, 0.05) is 23.9 Å². The highest BCUT2D eigenvalue weighted by Crippen LogP contribution is 2.37. The van der Waals surface area contributed by atoms with E-state index in [9.17, 15) is 19.5 Å². The number of aliphatic imine (C=N–C) groups is 1. The lowest BCUT2D eigenvalue weighted by molar-refractivity contribution is -0.143. The van der Waals surface area contributed by atoms with Crippen LogP contribution in [0.1, 0.15) is 124 Å². The third-order valence-corrected chi connectivity index (χ3v) is 9.30. The van der Waals surface area contributed by atoms with Crippen LogP contribution in [0, 0.1) is 10.8 Å². The van der Waals surface area contributed by atoms with E-state index < -0.39 is 22.3 Å². The highest BCUT2D eigenvalue weighted by molar-refractivity contribution is 5.89. The Labute approximate surface area is 286 Å². The number of esters is 1. The van der Waals surface area contributed by atoms with Crippen LogP contribution in [0.4, 0.5) is 4.79 Å². The number of benzene rings is 2. The molecule has 1 saturated carbocycles. The van der Waals surface area contributed by atoms with Gasteiger partial charge in [-0.2, -0.15) is 0 Å². The van der Waals surface area contributed by atoms with Crippen LogP contribution >= 0.6 is 0 Å². The van der Waals surface area contributed by atoms with Crippen molar-refractivity contribution in [2.75, 3.05) is 6.54 Å². The van der Waals surface area contributed by atoms with E-state index in [0.29, 0.717) is 23.4 Å². The summed E-state index contributed by atoms with van der Waals surface area (Å²) in [5.41, 5.74) is 0.593. The summed E-state index contributed by atoms with van der Waals surface area (Å²) in [5.74, 6) is -0.00504. The Morgan fingerprint density at radius 2 is 1.60 bits per heavy atom. The van der Waals surface area contributed by atoms with Crippen molar-refractivity contribution < 1.29 is 24.2 Å². The molecule has 0 aromatic heterocycles. The van der Waals surface area contributed by atoms with Gasteiger partial charge in [0.05, 0.1) is 23.5 Å². The van der Waals surface area contributed by atoms with Crippen LogP contribution in [0.3, 0.4) is 0 Å². The maximum absolute atomic E-state index is 14.0. The van der Waals surface area contributed by atoms with Gasteiger partial charge in [0.2, 0.25) is 5.91 Å². The minimum Gasteiger partial charge on any atom is -0.507 e. The van der Waals surface area contributed by atoms with Crippen molar-refractivity contribution in [3.8, 4) is 11.5 Å². The molecule has 9 heteroatoms. The number of hydrogen-bond acceptors (Lipinski definition) is 6. The highest BCUT2D eigenvalue weighted by Gasteiger charge is 2.40. The fraction of sp³-hybridized carbons (Fsp3) is 0.590. The van der Waals surface area contributed by atoms with Crippen molar-refractivity contribution in [1.29, 1.82) is 0 Å². The average Bonchev–Trinajstić information content (AvgIpc) is 3.49. The molecule has 48 heavy (non-hydrogen) atoms. The second kappa shape index (κ2) is 14.7. The van der Waals surface area contributed by atoms with Crippen molar-refractivity contribution in [1.82, 2.24) is 15.5 Å². The first-order valence-electron chi connectivity index (χ1n) is 17.4. The topological polar surface area (TPSA) is 120 Å². The summed E-state index contributed by atoms with van der Waals surface area (Å²) < 4.78 is 5.72. The van der Waals surface area contributed by atoms with Gasteiger partial charge in [-0.25, -0.2) is 4.79 Å². The Balaban J connectivity index is 1.52. The Morgan fingerprint density at radius 1 is 0.938 bits per heavy atom. The molecule has 1 aliphatic carbocycles. The van der Waals surface area contributed by atoms with Gasteiger partial charge in [0.25, 0.3) is 0 Å². The number of carbonyl (C=O) groups excluding carboxylic acids is 3. The summed E-state index contributed by atoms with van der Waals surface area (Å²) in [6.45, 7) is 17.9. The molecule has 2 aromatic carbocycles. The first-order chi connectivity index (χ1) is 22.4. The lowest BCUT2D eigenvalue weighted by atomic mass is 9.85. The fourth-order valence-electron chi connectivity index (χ4n) is 6.46. The Bertz CT molecular complexity index is 1480. The number of ether oxygens (including phenoxy) is 1. The summed E-state index contributed by atoms with van der Waals surface area (Å²) in [5, 5.41) is 17.4. The highest BCUT2D eigenvalue weighted by atomic mass is 16.5. The normalized spacial score (nSPS) is 21.2. The van der Waals surface area contributed by atoms with Gasteiger partial charge < -0.3 is 25.4 Å². The predicted octanol–water partition coefficient (Wildman–Crippen LogP) is 7.45. The van der Waals surface area contributed by atoms with E-state index in [2.05, 4.69) is 22.8 Å². The predicted molar refractivity (Wildman–Crippen MR) is 191 cm³/mol. The van der Waals surface area contributed by atoms with Crippen molar-refractivity contribution >= 4 is 24.1 Å². The SMILES string of the molecule is CC(C)(C)C(=O)Oc1cc(C=NC2CCCCC2NC(=O)NC(C(=O)N2CCCC2c2ccccc2)C(C)(C)C)c(O)c(C(C)(C)C)c1. The first-order valence-corrected chi connectivity index (χ1v) is 17.4. The molecule has 2 aromatic rings. The molecule has 9 nitrogen and oxygen atoms in total. The molecule has 1 heterocycles. The quantitative estimate of drug-likeness (QED) is 0.162. The largest absolute Gasteiger partial charge is 0.507 e.